The molecule has 2 N–H and O–H groups in total. The van der Waals surface area contributed by atoms with Gasteiger partial charge in [-0.3, -0.25) is 4.79 Å². The molecule has 1 aliphatic heterocycles. The van der Waals surface area contributed by atoms with Crippen molar-refractivity contribution >= 4 is 17.6 Å². The van der Waals surface area contributed by atoms with Crippen LogP contribution in [0.25, 0.3) is 0 Å². The molecule has 7 heteroatoms. The number of hydrogen-bond acceptors (Lipinski definition) is 3. The van der Waals surface area contributed by atoms with Crippen molar-refractivity contribution in [1.29, 1.82) is 0 Å². The summed E-state index contributed by atoms with van der Waals surface area (Å²) < 4.78 is 18.9. The molecule has 28 heavy (non-hydrogen) atoms. The number of carbonyl (C=O) groups is 2. The zero-order chi connectivity index (χ0) is 20.1. The second kappa shape index (κ2) is 8.84. The Hall–Kier alpha value is -2.93. The van der Waals surface area contributed by atoms with E-state index >= 15 is 0 Å². The van der Waals surface area contributed by atoms with Crippen molar-refractivity contribution in [3.05, 3.63) is 65.5 Å². The summed E-state index contributed by atoms with van der Waals surface area (Å²) in [6, 6.07) is 12.7. The summed E-state index contributed by atoms with van der Waals surface area (Å²) in [5.41, 5.74) is 1.99. The second-order valence-corrected chi connectivity index (χ2v) is 6.99. The molecule has 1 aliphatic rings. The Morgan fingerprint density at radius 2 is 1.79 bits per heavy atom. The molecular weight excluding hydrogens is 361 g/mol. The molecule has 1 unspecified atom stereocenters. The lowest BCUT2D eigenvalue weighted by Gasteiger charge is -2.33. The molecule has 0 spiro atoms. The van der Waals surface area contributed by atoms with E-state index < -0.39 is 0 Å². The van der Waals surface area contributed by atoms with Gasteiger partial charge in [-0.2, -0.15) is 0 Å². The number of benzene rings is 2. The molecule has 3 rings (SSSR count). The van der Waals surface area contributed by atoms with Gasteiger partial charge in [-0.15, -0.1) is 0 Å². The highest BCUT2D eigenvalue weighted by molar-refractivity contribution is 5.95. The van der Waals surface area contributed by atoms with Gasteiger partial charge in [0.1, 0.15) is 11.9 Å². The van der Waals surface area contributed by atoms with Crippen molar-refractivity contribution in [2.24, 2.45) is 0 Å². The van der Waals surface area contributed by atoms with Crippen molar-refractivity contribution in [2.45, 2.75) is 26.0 Å². The van der Waals surface area contributed by atoms with Crippen LogP contribution < -0.4 is 10.6 Å². The summed E-state index contributed by atoms with van der Waals surface area (Å²) in [6.45, 7) is 5.07. The largest absolute Gasteiger partial charge is 0.370 e. The third-order valence-electron chi connectivity index (χ3n) is 4.40. The molecule has 0 radical (unpaired) electrons. The Morgan fingerprint density at radius 1 is 1.11 bits per heavy atom. The quantitative estimate of drug-likeness (QED) is 0.845. The lowest BCUT2D eigenvalue weighted by Crippen LogP contribution is -2.42. The molecule has 0 bridgehead atoms. The number of urea groups is 1. The molecule has 148 valence electrons. The number of morpholine rings is 1. The molecule has 0 aliphatic carbocycles. The van der Waals surface area contributed by atoms with Crippen molar-refractivity contribution < 1.29 is 18.7 Å². The summed E-state index contributed by atoms with van der Waals surface area (Å²) in [7, 11) is 0. The van der Waals surface area contributed by atoms with Crippen molar-refractivity contribution in [3.63, 3.8) is 0 Å². The van der Waals surface area contributed by atoms with Gasteiger partial charge in [0, 0.05) is 23.8 Å². The number of carbonyl (C=O) groups excluding carboxylic acids is 2. The van der Waals surface area contributed by atoms with Crippen LogP contribution >= 0.6 is 0 Å². The molecule has 1 heterocycles. The maximum Gasteiger partial charge on any atom is 0.319 e. The number of nitrogens with zero attached hydrogens (tertiary/aromatic N) is 1. The minimum absolute atomic E-state index is 0.0382. The zero-order valence-electron chi connectivity index (χ0n) is 15.9. The van der Waals surface area contributed by atoms with E-state index in [-0.39, 0.29) is 29.9 Å². The van der Waals surface area contributed by atoms with Crippen LogP contribution in [0, 0.1) is 5.82 Å². The van der Waals surface area contributed by atoms with Gasteiger partial charge >= 0.3 is 6.03 Å². The van der Waals surface area contributed by atoms with E-state index in [4.69, 9.17) is 4.74 Å². The Bertz CT molecular complexity index is 822. The highest BCUT2D eigenvalue weighted by atomic mass is 19.1. The molecular formula is C21H24FN3O3. The minimum Gasteiger partial charge on any atom is -0.370 e. The summed E-state index contributed by atoms with van der Waals surface area (Å²) in [5.74, 6) is -0.406. The third kappa shape index (κ3) is 5.07. The van der Waals surface area contributed by atoms with Crippen molar-refractivity contribution in [3.8, 4) is 0 Å². The molecule has 0 aromatic heterocycles. The van der Waals surface area contributed by atoms with Crippen LogP contribution in [-0.4, -0.2) is 42.6 Å². The molecule has 6 nitrogen and oxygen atoms in total. The summed E-state index contributed by atoms with van der Waals surface area (Å²) >= 11 is 0. The first-order valence-corrected chi connectivity index (χ1v) is 9.26. The Labute approximate surface area is 163 Å². The molecule has 0 saturated carbocycles. The molecule has 1 atom stereocenters. The van der Waals surface area contributed by atoms with Gasteiger partial charge in [0.15, 0.2) is 0 Å². The maximum atomic E-state index is 13.1. The molecule has 3 amide bonds. The van der Waals surface area contributed by atoms with Crippen LogP contribution in [0.2, 0.25) is 0 Å². The van der Waals surface area contributed by atoms with Gasteiger partial charge in [0.05, 0.1) is 13.2 Å². The summed E-state index contributed by atoms with van der Waals surface area (Å²) in [4.78, 5) is 26.3. The van der Waals surface area contributed by atoms with E-state index in [1.54, 1.807) is 41.3 Å². The minimum atomic E-state index is -0.303. The smallest absolute Gasteiger partial charge is 0.319 e. The van der Waals surface area contributed by atoms with Gasteiger partial charge < -0.3 is 20.3 Å². The number of hydrogen-bond donors (Lipinski definition) is 2. The summed E-state index contributed by atoms with van der Waals surface area (Å²) in [5, 5.41) is 5.47. The van der Waals surface area contributed by atoms with Crippen LogP contribution in [0.1, 0.15) is 35.9 Å². The van der Waals surface area contributed by atoms with E-state index in [2.05, 4.69) is 10.6 Å². The van der Waals surface area contributed by atoms with Gasteiger partial charge in [-0.05, 0) is 55.8 Å². The van der Waals surface area contributed by atoms with E-state index in [9.17, 15) is 14.0 Å². The first-order chi connectivity index (χ1) is 13.4. The standard InChI is InChI=1S/C21H24FN3O3/c1-14(2)23-21(27)24-18-9-5-16(6-10-18)20(26)25-11-12-28-19(13-25)15-3-7-17(22)8-4-15/h3-10,14,19H,11-13H2,1-2H3,(H2,23,24,27). The fourth-order valence-electron chi connectivity index (χ4n) is 3.02. The van der Waals surface area contributed by atoms with Gasteiger partial charge in [0.2, 0.25) is 0 Å². The van der Waals surface area contributed by atoms with Crippen LogP contribution in [0.4, 0.5) is 14.9 Å². The van der Waals surface area contributed by atoms with E-state index in [1.807, 2.05) is 13.8 Å². The molecule has 1 fully saturated rings. The van der Waals surface area contributed by atoms with Gasteiger partial charge in [-0.25, -0.2) is 9.18 Å². The SMILES string of the molecule is CC(C)NC(=O)Nc1ccc(C(=O)N2CCOC(c3ccc(F)cc3)C2)cc1. The summed E-state index contributed by atoms with van der Waals surface area (Å²) in [6.07, 6.45) is -0.279. The zero-order valence-corrected chi connectivity index (χ0v) is 15.9. The number of amides is 3. The second-order valence-electron chi connectivity index (χ2n) is 6.99. The Balaban J connectivity index is 1.63. The van der Waals surface area contributed by atoms with E-state index in [0.717, 1.165) is 5.56 Å². The van der Waals surface area contributed by atoms with Crippen molar-refractivity contribution in [2.75, 3.05) is 25.0 Å². The average Bonchev–Trinajstić information content (AvgIpc) is 2.68. The van der Waals surface area contributed by atoms with Gasteiger partial charge in [0.25, 0.3) is 5.91 Å². The molecule has 2 aromatic rings. The van der Waals surface area contributed by atoms with E-state index in [1.165, 1.54) is 12.1 Å². The van der Waals surface area contributed by atoms with Crippen LogP contribution in [0.15, 0.2) is 48.5 Å². The number of nitrogens with one attached hydrogen (secondary N) is 2. The topological polar surface area (TPSA) is 70.7 Å². The molecule has 2 aromatic carbocycles. The average molecular weight is 385 g/mol. The molecule has 1 saturated heterocycles. The fourth-order valence-corrected chi connectivity index (χ4v) is 3.02. The van der Waals surface area contributed by atoms with E-state index in [0.29, 0.717) is 30.9 Å². The predicted molar refractivity (Wildman–Crippen MR) is 105 cm³/mol. The van der Waals surface area contributed by atoms with Crippen molar-refractivity contribution in [1.82, 2.24) is 10.2 Å². The lowest BCUT2D eigenvalue weighted by atomic mass is 10.1. The normalized spacial score (nSPS) is 16.7. The number of ether oxygens (including phenoxy) is 1. The predicted octanol–water partition coefficient (Wildman–Crippen LogP) is 3.57. The number of anilines is 1. The number of halogens is 1. The maximum absolute atomic E-state index is 13.1. The number of rotatable bonds is 4. The third-order valence-corrected chi connectivity index (χ3v) is 4.40. The van der Waals surface area contributed by atoms with Gasteiger partial charge in [-0.1, -0.05) is 12.1 Å². The fraction of sp³-hybridized carbons (Fsp3) is 0.333. The highest BCUT2D eigenvalue weighted by Gasteiger charge is 2.26. The first kappa shape index (κ1) is 19.8. The first-order valence-electron chi connectivity index (χ1n) is 9.26. The monoisotopic (exact) mass is 385 g/mol. The van der Waals surface area contributed by atoms with Crippen LogP contribution in [-0.2, 0) is 4.74 Å². The highest BCUT2D eigenvalue weighted by Crippen LogP contribution is 2.24. The van der Waals surface area contributed by atoms with Crippen LogP contribution in [0.3, 0.4) is 0 Å². The Kier molecular flexibility index (Phi) is 6.26. The Morgan fingerprint density at radius 3 is 2.43 bits per heavy atom. The lowest BCUT2D eigenvalue weighted by molar-refractivity contribution is -0.0228. The van der Waals surface area contributed by atoms with Crippen LogP contribution in [0.5, 0.6) is 0 Å².